The van der Waals surface area contributed by atoms with Crippen LogP contribution in [0.3, 0.4) is 0 Å². The van der Waals surface area contributed by atoms with Crippen molar-refractivity contribution in [1.29, 1.82) is 5.26 Å². The van der Waals surface area contributed by atoms with Crippen LogP contribution in [0.5, 0.6) is 0 Å². The Hall–Kier alpha value is -3.95. The zero-order chi connectivity index (χ0) is 21.5. The van der Waals surface area contributed by atoms with Gasteiger partial charge < -0.3 is 14.9 Å². The van der Waals surface area contributed by atoms with Gasteiger partial charge in [0.25, 0.3) is 0 Å². The fourth-order valence-electron chi connectivity index (χ4n) is 4.13. The number of hydrogen-bond acceptors (Lipinski definition) is 4. The Kier molecular flexibility index (Phi) is 4.54. The van der Waals surface area contributed by atoms with Gasteiger partial charge in [-0.1, -0.05) is 30.3 Å². The molecule has 0 spiro atoms. The molecule has 0 saturated heterocycles. The number of benzene rings is 3. The summed E-state index contributed by atoms with van der Waals surface area (Å²) in [6, 6.07) is 23.7. The summed E-state index contributed by atoms with van der Waals surface area (Å²) in [5.74, 6) is 1.78. The van der Waals surface area contributed by atoms with Crippen molar-refractivity contribution in [3.05, 3.63) is 95.1 Å². The Balaban J connectivity index is 1.50. The third kappa shape index (κ3) is 3.25. The summed E-state index contributed by atoms with van der Waals surface area (Å²) in [5, 5.41) is 9.01. The molecule has 0 bridgehead atoms. The lowest BCUT2D eigenvalue weighted by Gasteiger charge is -2.12. The molecule has 6 nitrogen and oxygen atoms in total. The number of nitrogens with zero attached hydrogens (tertiary/aromatic N) is 5. The first kappa shape index (κ1) is 19.0. The normalized spacial score (nSPS) is 12.3. The van der Waals surface area contributed by atoms with E-state index in [-0.39, 0.29) is 6.04 Å². The van der Waals surface area contributed by atoms with Crippen LogP contribution in [0.4, 0.5) is 0 Å². The molecule has 1 atom stereocenters. The third-order valence-corrected chi connectivity index (χ3v) is 5.84. The molecule has 0 saturated carbocycles. The highest BCUT2D eigenvalue weighted by molar-refractivity contribution is 5.78. The highest BCUT2D eigenvalue weighted by Crippen LogP contribution is 2.25. The van der Waals surface area contributed by atoms with Gasteiger partial charge in [0, 0.05) is 13.6 Å². The second-order valence-corrected chi connectivity index (χ2v) is 7.80. The van der Waals surface area contributed by atoms with Gasteiger partial charge in [-0.25, -0.2) is 9.97 Å². The summed E-state index contributed by atoms with van der Waals surface area (Å²) in [6.45, 7) is 2.77. The van der Waals surface area contributed by atoms with Gasteiger partial charge in [0.05, 0.1) is 39.7 Å². The van der Waals surface area contributed by atoms with Crippen molar-refractivity contribution in [3.63, 3.8) is 0 Å². The number of rotatable bonds is 4. The van der Waals surface area contributed by atoms with Crippen molar-refractivity contribution in [2.24, 2.45) is 12.8 Å². The zero-order valence-corrected chi connectivity index (χ0v) is 17.4. The molecule has 0 radical (unpaired) electrons. The van der Waals surface area contributed by atoms with Crippen LogP contribution >= 0.6 is 0 Å². The van der Waals surface area contributed by atoms with E-state index in [0.29, 0.717) is 5.56 Å². The second kappa shape index (κ2) is 7.38. The number of aryl methyl sites for hydroxylation is 2. The summed E-state index contributed by atoms with van der Waals surface area (Å²) >= 11 is 0. The van der Waals surface area contributed by atoms with Gasteiger partial charge in [0.2, 0.25) is 0 Å². The number of aromatic nitrogens is 4. The standard InChI is InChI=1S/C25H22N6/c1-16-28-20-5-3-4-6-23(20)31(16)15-18-9-12-22-21(13-18)29-25(30(22)2)24(27)19-10-7-17(14-26)8-11-19/h3-13,24H,15,27H2,1-2H3. The van der Waals surface area contributed by atoms with Gasteiger partial charge >= 0.3 is 0 Å². The van der Waals surface area contributed by atoms with Crippen LogP contribution in [0.15, 0.2) is 66.7 Å². The predicted octanol–water partition coefficient (Wildman–Crippen LogP) is 4.20. The van der Waals surface area contributed by atoms with Crippen LogP contribution in [0.1, 0.15) is 34.4 Å². The molecule has 5 rings (SSSR count). The summed E-state index contributed by atoms with van der Waals surface area (Å²) < 4.78 is 4.27. The Morgan fingerprint density at radius 2 is 1.74 bits per heavy atom. The molecule has 6 heteroatoms. The molecule has 0 aliphatic rings. The molecule has 3 aromatic carbocycles. The lowest BCUT2D eigenvalue weighted by Crippen LogP contribution is -2.16. The zero-order valence-electron chi connectivity index (χ0n) is 17.4. The van der Waals surface area contributed by atoms with E-state index in [1.54, 1.807) is 12.1 Å². The lowest BCUT2D eigenvalue weighted by atomic mass is 10.1. The summed E-state index contributed by atoms with van der Waals surface area (Å²) in [6.07, 6.45) is 0. The molecular weight excluding hydrogens is 384 g/mol. The predicted molar refractivity (Wildman–Crippen MR) is 121 cm³/mol. The van der Waals surface area contributed by atoms with Crippen LogP contribution in [-0.2, 0) is 13.6 Å². The maximum absolute atomic E-state index is 9.01. The molecular formula is C25H22N6. The van der Waals surface area contributed by atoms with Crippen LogP contribution in [0, 0.1) is 18.3 Å². The van der Waals surface area contributed by atoms with Crippen LogP contribution in [0.25, 0.3) is 22.1 Å². The van der Waals surface area contributed by atoms with Gasteiger partial charge in [-0.2, -0.15) is 5.26 Å². The van der Waals surface area contributed by atoms with Crippen molar-refractivity contribution in [3.8, 4) is 6.07 Å². The maximum Gasteiger partial charge on any atom is 0.131 e. The van der Waals surface area contributed by atoms with Gasteiger partial charge in [0.1, 0.15) is 11.6 Å². The Bertz CT molecular complexity index is 1450. The van der Waals surface area contributed by atoms with Crippen molar-refractivity contribution in [1.82, 2.24) is 19.1 Å². The molecule has 2 N–H and O–H groups in total. The van der Waals surface area contributed by atoms with E-state index in [1.807, 2.05) is 48.9 Å². The van der Waals surface area contributed by atoms with Crippen molar-refractivity contribution in [2.75, 3.05) is 0 Å². The quantitative estimate of drug-likeness (QED) is 0.485. The van der Waals surface area contributed by atoms with E-state index in [9.17, 15) is 0 Å². The van der Waals surface area contributed by atoms with Crippen LogP contribution in [-0.4, -0.2) is 19.1 Å². The van der Waals surface area contributed by atoms with Gasteiger partial charge in [-0.15, -0.1) is 0 Å². The molecule has 2 heterocycles. The van der Waals surface area contributed by atoms with E-state index >= 15 is 0 Å². The average molecular weight is 406 g/mol. The molecule has 2 aromatic heterocycles. The molecule has 0 aliphatic carbocycles. The van der Waals surface area contributed by atoms with Crippen molar-refractivity contribution >= 4 is 22.1 Å². The number of hydrogen-bond donors (Lipinski definition) is 1. The first-order chi connectivity index (χ1) is 15.0. The van der Waals surface area contributed by atoms with E-state index in [4.69, 9.17) is 16.0 Å². The van der Waals surface area contributed by atoms with E-state index in [1.165, 1.54) is 0 Å². The smallest absolute Gasteiger partial charge is 0.131 e. The highest BCUT2D eigenvalue weighted by Gasteiger charge is 2.17. The Morgan fingerprint density at radius 3 is 2.52 bits per heavy atom. The van der Waals surface area contributed by atoms with Crippen LogP contribution in [0.2, 0.25) is 0 Å². The van der Waals surface area contributed by atoms with Gasteiger partial charge in [-0.05, 0) is 54.4 Å². The number of nitrogens with two attached hydrogens (primary N) is 1. The minimum absolute atomic E-state index is 0.367. The minimum atomic E-state index is -0.367. The highest BCUT2D eigenvalue weighted by atomic mass is 15.1. The van der Waals surface area contributed by atoms with Gasteiger partial charge in [0.15, 0.2) is 0 Å². The molecule has 0 amide bonds. The van der Waals surface area contributed by atoms with Crippen LogP contribution < -0.4 is 5.73 Å². The second-order valence-electron chi connectivity index (χ2n) is 7.80. The number of para-hydroxylation sites is 2. The molecule has 5 aromatic rings. The van der Waals surface area contributed by atoms with E-state index in [0.717, 1.165) is 51.4 Å². The first-order valence-electron chi connectivity index (χ1n) is 10.2. The molecule has 0 fully saturated rings. The molecule has 31 heavy (non-hydrogen) atoms. The monoisotopic (exact) mass is 406 g/mol. The third-order valence-electron chi connectivity index (χ3n) is 5.84. The first-order valence-corrected chi connectivity index (χ1v) is 10.2. The number of imidazole rings is 2. The minimum Gasteiger partial charge on any atom is -0.330 e. The fourth-order valence-corrected chi connectivity index (χ4v) is 4.13. The lowest BCUT2D eigenvalue weighted by molar-refractivity contribution is 0.728. The summed E-state index contributed by atoms with van der Waals surface area (Å²) in [7, 11) is 1.99. The molecule has 152 valence electrons. The molecule has 0 aliphatic heterocycles. The van der Waals surface area contributed by atoms with Crippen molar-refractivity contribution in [2.45, 2.75) is 19.5 Å². The summed E-state index contributed by atoms with van der Waals surface area (Å²) in [4.78, 5) is 9.52. The summed E-state index contributed by atoms with van der Waals surface area (Å²) in [5.41, 5.74) is 13.3. The molecule has 1 unspecified atom stereocenters. The fraction of sp³-hybridized carbons (Fsp3) is 0.160. The SMILES string of the molecule is Cc1nc2ccccc2n1Cc1ccc2c(c1)nc(C(N)c1ccc(C#N)cc1)n2C. The largest absolute Gasteiger partial charge is 0.330 e. The maximum atomic E-state index is 9.01. The van der Waals surface area contributed by atoms with E-state index in [2.05, 4.69) is 39.9 Å². The average Bonchev–Trinajstić information content (AvgIpc) is 3.29. The van der Waals surface area contributed by atoms with E-state index < -0.39 is 0 Å². The Labute approximate surface area is 180 Å². The number of fused-ring (bicyclic) bond motifs is 2. The number of nitriles is 1. The van der Waals surface area contributed by atoms with Gasteiger partial charge in [-0.3, -0.25) is 0 Å². The topological polar surface area (TPSA) is 85.5 Å². The Morgan fingerprint density at radius 1 is 0.968 bits per heavy atom. The van der Waals surface area contributed by atoms with Crippen molar-refractivity contribution < 1.29 is 0 Å².